The first-order valence-corrected chi connectivity index (χ1v) is 5.01. The van der Waals surface area contributed by atoms with Crippen LogP contribution in [0.5, 0.6) is 0 Å². The highest BCUT2D eigenvalue weighted by Gasteiger charge is 2.24. The third kappa shape index (κ3) is 2.76. The van der Waals surface area contributed by atoms with E-state index in [1.54, 1.807) is 0 Å². The second kappa shape index (κ2) is 3.75. The summed E-state index contributed by atoms with van der Waals surface area (Å²) in [7, 11) is 0. The van der Waals surface area contributed by atoms with Crippen molar-refractivity contribution < 1.29 is 0 Å². The van der Waals surface area contributed by atoms with Crippen LogP contribution in [0.3, 0.4) is 0 Å². The molecule has 1 saturated heterocycles. The molecule has 1 rings (SSSR count). The summed E-state index contributed by atoms with van der Waals surface area (Å²) in [5, 5.41) is 0. The topological polar surface area (TPSA) is 29.3 Å². The van der Waals surface area contributed by atoms with Crippen LogP contribution in [0.2, 0.25) is 0 Å². The minimum atomic E-state index is 0.294. The van der Waals surface area contributed by atoms with E-state index in [2.05, 4.69) is 25.7 Å². The molecule has 1 aliphatic heterocycles. The Kier molecular flexibility index (Phi) is 3.13. The molecule has 0 unspecified atom stereocenters. The van der Waals surface area contributed by atoms with Gasteiger partial charge < -0.3 is 5.73 Å². The van der Waals surface area contributed by atoms with Crippen molar-refractivity contribution in [1.29, 1.82) is 0 Å². The van der Waals surface area contributed by atoms with Crippen LogP contribution in [0.4, 0.5) is 0 Å². The molecule has 0 aromatic rings. The first-order valence-electron chi connectivity index (χ1n) is 5.01. The van der Waals surface area contributed by atoms with Crippen LogP contribution in [0.1, 0.15) is 40.0 Å². The first kappa shape index (κ1) is 10.0. The van der Waals surface area contributed by atoms with Crippen LogP contribution in [-0.4, -0.2) is 29.6 Å². The molecular formula is C10H22N2. The third-order valence-electron chi connectivity index (χ3n) is 2.66. The second-order valence-corrected chi connectivity index (χ2v) is 4.87. The van der Waals surface area contributed by atoms with E-state index in [0.717, 1.165) is 6.54 Å². The lowest BCUT2D eigenvalue weighted by atomic mass is 10.1. The summed E-state index contributed by atoms with van der Waals surface area (Å²) in [4.78, 5) is 2.50. The van der Waals surface area contributed by atoms with Crippen molar-refractivity contribution >= 4 is 0 Å². The molecular weight excluding hydrogens is 148 g/mol. The Morgan fingerprint density at radius 3 is 2.50 bits per heavy atom. The van der Waals surface area contributed by atoms with Crippen LogP contribution < -0.4 is 5.73 Å². The van der Waals surface area contributed by atoms with Gasteiger partial charge in [0.25, 0.3) is 0 Å². The minimum absolute atomic E-state index is 0.294. The molecule has 12 heavy (non-hydrogen) atoms. The van der Waals surface area contributed by atoms with E-state index in [9.17, 15) is 0 Å². The number of hydrogen-bond donors (Lipinski definition) is 1. The van der Waals surface area contributed by atoms with E-state index in [-0.39, 0.29) is 0 Å². The largest absolute Gasteiger partial charge is 0.327 e. The van der Waals surface area contributed by atoms with Crippen molar-refractivity contribution in [1.82, 2.24) is 4.90 Å². The summed E-state index contributed by atoms with van der Waals surface area (Å²) in [5.41, 5.74) is 6.27. The van der Waals surface area contributed by atoms with Crippen LogP contribution in [0.15, 0.2) is 0 Å². The van der Waals surface area contributed by atoms with Gasteiger partial charge in [-0.05, 0) is 40.2 Å². The molecule has 2 nitrogen and oxygen atoms in total. The number of likely N-dealkylation sites (tertiary alicyclic amines) is 1. The molecule has 2 heteroatoms. The Hall–Kier alpha value is -0.0800. The number of hydrogen-bond acceptors (Lipinski definition) is 2. The quantitative estimate of drug-likeness (QED) is 0.598. The van der Waals surface area contributed by atoms with Crippen LogP contribution in [-0.2, 0) is 0 Å². The molecule has 0 spiro atoms. The lowest BCUT2D eigenvalue weighted by Gasteiger charge is -2.35. The molecule has 0 aromatic carbocycles. The van der Waals surface area contributed by atoms with Gasteiger partial charge in [0.2, 0.25) is 0 Å². The summed E-state index contributed by atoms with van der Waals surface area (Å²) in [6.45, 7) is 9.10. The van der Waals surface area contributed by atoms with Gasteiger partial charge in [0.15, 0.2) is 0 Å². The van der Waals surface area contributed by atoms with Crippen molar-refractivity contribution in [2.24, 2.45) is 5.73 Å². The van der Waals surface area contributed by atoms with E-state index < -0.39 is 0 Å². The monoisotopic (exact) mass is 170 g/mol. The minimum Gasteiger partial charge on any atom is -0.327 e. The van der Waals surface area contributed by atoms with Crippen LogP contribution in [0, 0.1) is 0 Å². The maximum atomic E-state index is 5.98. The van der Waals surface area contributed by atoms with E-state index in [1.807, 2.05) is 0 Å². The summed E-state index contributed by atoms with van der Waals surface area (Å²) >= 11 is 0. The van der Waals surface area contributed by atoms with Gasteiger partial charge >= 0.3 is 0 Å². The second-order valence-electron chi connectivity index (χ2n) is 4.87. The van der Waals surface area contributed by atoms with Gasteiger partial charge in [-0.25, -0.2) is 0 Å². The summed E-state index contributed by atoms with van der Waals surface area (Å²) in [6, 6.07) is 0.395. The van der Waals surface area contributed by atoms with Crippen LogP contribution >= 0.6 is 0 Å². The predicted octanol–water partition coefficient (Wildman–Crippen LogP) is 1.60. The molecule has 1 fully saturated rings. The average Bonchev–Trinajstić information content (AvgIpc) is 2.11. The zero-order valence-corrected chi connectivity index (χ0v) is 8.64. The van der Waals surface area contributed by atoms with Gasteiger partial charge in [-0.3, -0.25) is 4.90 Å². The fourth-order valence-electron chi connectivity index (χ4n) is 1.78. The normalized spacial score (nSPS) is 28.5. The average molecular weight is 170 g/mol. The number of nitrogens with two attached hydrogens (primary N) is 1. The van der Waals surface area contributed by atoms with Crippen molar-refractivity contribution in [2.45, 2.75) is 51.6 Å². The third-order valence-corrected chi connectivity index (χ3v) is 2.66. The molecule has 0 bridgehead atoms. The molecule has 1 heterocycles. The van der Waals surface area contributed by atoms with Gasteiger partial charge in [-0.15, -0.1) is 0 Å². The van der Waals surface area contributed by atoms with Crippen molar-refractivity contribution in [3.63, 3.8) is 0 Å². The fraction of sp³-hybridized carbons (Fsp3) is 1.00. The molecule has 1 aliphatic rings. The van der Waals surface area contributed by atoms with Crippen molar-refractivity contribution in [2.75, 3.05) is 13.1 Å². The lowest BCUT2D eigenvalue weighted by molar-refractivity contribution is 0.136. The van der Waals surface area contributed by atoms with Gasteiger partial charge in [0.05, 0.1) is 0 Å². The molecule has 0 aliphatic carbocycles. The number of rotatable bonds is 0. The maximum Gasteiger partial charge on any atom is 0.0168 e. The Bertz CT molecular complexity index is 137. The molecule has 1 atom stereocenters. The molecule has 2 N–H and O–H groups in total. The molecule has 0 amide bonds. The Balaban J connectivity index is 2.52. The molecule has 0 aromatic heterocycles. The van der Waals surface area contributed by atoms with Gasteiger partial charge in [0.1, 0.15) is 0 Å². The van der Waals surface area contributed by atoms with E-state index in [1.165, 1.54) is 25.8 Å². The zero-order chi connectivity index (χ0) is 9.19. The number of nitrogens with zero attached hydrogens (tertiary/aromatic N) is 1. The van der Waals surface area contributed by atoms with Crippen molar-refractivity contribution in [3.8, 4) is 0 Å². The Morgan fingerprint density at radius 1 is 1.25 bits per heavy atom. The Labute approximate surface area is 76.1 Å². The smallest absolute Gasteiger partial charge is 0.0168 e. The molecule has 72 valence electrons. The fourth-order valence-corrected chi connectivity index (χ4v) is 1.78. The predicted molar refractivity (Wildman–Crippen MR) is 53.2 cm³/mol. The van der Waals surface area contributed by atoms with E-state index in [4.69, 9.17) is 5.73 Å². The van der Waals surface area contributed by atoms with Crippen molar-refractivity contribution in [3.05, 3.63) is 0 Å². The van der Waals surface area contributed by atoms with Crippen LogP contribution in [0.25, 0.3) is 0 Å². The summed E-state index contributed by atoms with van der Waals surface area (Å²) in [5.74, 6) is 0. The van der Waals surface area contributed by atoms with Gasteiger partial charge in [0, 0.05) is 18.1 Å². The molecule has 0 radical (unpaired) electrons. The zero-order valence-electron chi connectivity index (χ0n) is 8.64. The van der Waals surface area contributed by atoms with Gasteiger partial charge in [-0.2, -0.15) is 0 Å². The summed E-state index contributed by atoms with van der Waals surface area (Å²) in [6.07, 6.45) is 3.81. The molecule has 0 saturated carbocycles. The standard InChI is InChI=1S/C10H22N2/c1-10(2,3)12-7-5-4-6-9(11)8-12/h9H,4-8,11H2,1-3H3/t9-/m0/s1. The highest BCUT2D eigenvalue weighted by atomic mass is 15.2. The van der Waals surface area contributed by atoms with E-state index in [0.29, 0.717) is 11.6 Å². The van der Waals surface area contributed by atoms with Gasteiger partial charge in [-0.1, -0.05) is 6.42 Å². The lowest BCUT2D eigenvalue weighted by Crippen LogP contribution is -2.46. The summed E-state index contributed by atoms with van der Waals surface area (Å²) < 4.78 is 0. The van der Waals surface area contributed by atoms with E-state index >= 15 is 0 Å². The highest BCUT2D eigenvalue weighted by Crippen LogP contribution is 2.18. The Morgan fingerprint density at radius 2 is 1.92 bits per heavy atom. The SMILES string of the molecule is CC(C)(C)N1CCCC[C@H](N)C1. The highest BCUT2D eigenvalue weighted by molar-refractivity contribution is 4.82. The first-order chi connectivity index (χ1) is 5.50. The maximum absolute atomic E-state index is 5.98.